The molecule has 0 spiro atoms. The summed E-state index contributed by atoms with van der Waals surface area (Å²) in [6.07, 6.45) is 0.00791. The molecule has 0 saturated carbocycles. The van der Waals surface area contributed by atoms with Crippen molar-refractivity contribution in [2.45, 2.75) is 30.9 Å². The molecule has 1 aliphatic rings. The van der Waals surface area contributed by atoms with E-state index in [0.29, 0.717) is 18.7 Å². The zero-order chi connectivity index (χ0) is 16.5. The van der Waals surface area contributed by atoms with Gasteiger partial charge in [0.1, 0.15) is 0 Å². The average molecular weight is 326 g/mol. The molecular formula is C15H22N2O4S. The van der Waals surface area contributed by atoms with Crippen LogP contribution in [0.1, 0.15) is 24.2 Å². The van der Waals surface area contributed by atoms with Crippen LogP contribution in [-0.2, 0) is 14.8 Å². The third-order valence-corrected chi connectivity index (χ3v) is 5.58. The lowest BCUT2D eigenvalue weighted by Crippen LogP contribution is -2.50. The van der Waals surface area contributed by atoms with E-state index in [4.69, 9.17) is 4.74 Å². The first-order valence-corrected chi connectivity index (χ1v) is 8.62. The van der Waals surface area contributed by atoms with Crippen molar-refractivity contribution < 1.29 is 17.9 Å². The van der Waals surface area contributed by atoms with Gasteiger partial charge in [-0.2, -0.15) is 0 Å². The summed E-state index contributed by atoms with van der Waals surface area (Å²) in [5.41, 5.74) is 0.485. The summed E-state index contributed by atoms with van der Waals surface area (Å²) < 4.78 is 30.7. The number of sulfonamides is 1. The summed E-state index contributed by atoms with van der Waals surface area (Å²) in [5.74, 6) is -0.101. The zero-order valence-electron chi connectivity index (χ0n) is 13.3. The second-order valence-corrected chi connectivity index (χ2v) is 7.91. The van der Waals surface area contributed by atoms with Gasteiger partial charge in [-0.25, -0.2) is 12.7 Å². The van der Waals surface area contributed by atoms with E-state index in [1.807, 2.05) is 13.8 Å². The van der Waals surface area contributed by atoms with Crippen molar-refractivity contribution in [3.8, 4) is 0 Å². The molecule has 0 aliphatic carbocycles. The third kappa shape index (κ3) is 3.31. The number of nitrogens with zero attached hydrogens (tertiary/aromatic N) is 2. The van der Waals surface area contributed by atoms with Crippen molar-refractivity contribution in [2.75, 3.05) is 27.2 Å². The normalized spacial score (nSPS) is 22.9. The van der Waals surface area contributed by atoms with Crippen LogP contribution in [0.5, 0.6) is 0 Å². The van der Waals surface area contributed by atoms with Crippen LogP contribution in [0, 0.1) is 0 Å². The molecule has 1 aliphatic heterocycles. The van der Waals surface area contributed by atoms with Crippen LogP contribution in [0.25, 0.3) is 0 Å². The zero-order valence-corrected chi connectivity index (χ0v) is 14.1. The van der Waals surface area contributed by atoms with Crippen LogP contribution in [0.15, 0.2) is 29.2 Å². The Bertz CT molecular complexity index is 640. The maximum atomic E-state index is 12.6. The molecule has 22 heavy (non-hydrogen) atoms. The van der Waals surface area contributed by atoms with E-state index >= 15 is 0 Å². The Labute approximate surface area is 131 Å². The van der Waals surface area contributed by atoms with E-state index < -0.39 is 10.0 Å². The highest BCUT2D eigenvalue weighted by atomic mass is 32.2. The van der Waals surface area contributed by atoms with Crippen LogP contribution in [0.2, 0.25) is 0 Å². The van der Waals surface area contributed by atoms with Gasteiger partial charge >= 0.3 is 0 Å². The van der Waals surface area contributed by atoms with Crippen LogP contribution < -0.4 is 0 Å². The Hall–Kier alpha value is -1.44. The SMILES string of the molecule is CC1CN(C(=O)c2ccc(S(=O)(=O)N(C)C)cc2)C(C)CO1. The summed E-state index contributed by atoms with van der Waals surface area (Å²) in [6, 6.07) is 6.07. The van der Waals surface area contributed by atoms with Gasteiger partial charge in [-0.05, 0) is 38.1 Å². The number of hydrogen-bond acceptors (Lipinski definition) is 4. The lowest BCUT2D eigenvalue weighted by atomic mass is 10.1. The molecule has 1 heterocycles. The second-order valence-electron chi connectivity index (χ2n) is 5.76. The summed E-state index contributed by atoms with van der Waals surface area (Å²) >= 11 is 0. The molecule has 1 aromatic rings. The maximum absolute atomic E-state index is 12.6. The van der Waals surface area contributed by atoms with Crippen LogP contribution in [0.3, 0.4) is 0 Å². The van der Waals surface area contributed by atoms with E-state index in [2.05, 4.69) is 0 Å². The smallest absolute Gasteiger partial charge is 0.254 e. The van der Waals surface area contributed by atoms with Gasteiger partial charge in [-0.3, -0.25) is 4.79 Å². The molecule has 2 atom stereocenters. The van der Waals surface area contributed by atoms with Gasteiger partial charge in [0.25, 0.3) is 5.91 Å². The lowest BCUT2D eigenvalue weighted by molar-refractivity contribution is -0.0387. The highest BCUT2D eigenvalue weighted by Gasteiger charge is 2.28. The van der Waals surface area contributed by atoms with Crippen molar-refractivity contribution in [2.24, 2.45) is 0 Å². The molecule has 0 radical (unpaired) electrons. The quantitative estimate of drug-likeness (QED) is 0.837. The molecule has 6 nitrogen and oxygen atoms in total. The Balaban J connectivity index is 2.22. The number of carbonyl (C=O) groups is 1. The monoisotopic (exact) mass is 326 g/mol. The Morgan fingerprint density at radius 1 is 1.23 bits per heavy atom. The first-order chi connectivity index (χ1) is 10.2. The molecule has 122 valence electrons. The highest BCUT2D eigenvalue weighted by Crippen LogP contribution is 2.18. The Morgan fingerprint density at radius 3 is 2.36 bits per heavy atom. The predicted octanol–water partition coefficient (Wildman–Crippen LogP) is 1.19. The van der Waals surface area contributed by atoms with Gasteiger partial charge in [0.05, 0.1) is 23.6 Å². The number of carbonyl (C=O) groups excluding carboxylic acids is 1. The minimum atomic E-state index is -3.48. The van der Waals surface area contributed by atoms with Crippen LogP contribution in [-0.4, -0.2) is 62.9 Å². The topological polar surface area (TPSA) is 66.9 Å². The highest BCUT2D eigenvalue weighted by molar-refractivity contribution is 7.89. The van der Waals surface area contributed by atoms with Crippen molar-refractivity contribution in [1.29, 1.82) is 0 Å². The summed E-state index contributed by atoms with van der Waals surface area (Å²) in [7, 11) is -0.521. The number of benzene rings is 1. The van der Waals surface area contributed by atoms with E-state index in [1.165, 1.54) is 26.2 Å². The fourth-order valence-electron chi connectivity index (χ4n) is 2.33. The van der Waals surface area contributed by atoms with E-state index in [-0.39, 0.29) is 22.9 Å². The van der Waals surface area contributed by atoms with Crippen LogP contribution >= 0.6 is 0 Å². The molecule has 7 heteroatoms. The molecule has 1 amide bonds. The number of morpholine rings is 1. The van der Waals surface area contributed by atoms with Gasteiger partial charge in [-0.15, -0.1) is 0 Å². The first kappa shape index (κ1) is 16.9. The van der Waals surface area contributed by atoms with Crippen molar-refractivity contribution >= 4 is 15.9 Å². The largest absolute Gasteiger partial charge is 0.375 e. The lowest BCUT2D eigenvalue weighted by Gasteiger charge is -2.36. The van der Waals surface area contributed by atoms with Crippen molar-refractivity contribution in [3.05, 3.63) is 29.8 Å². The Kier molecular flexibility index (Phi) is 4.89. The molecule has 1 saturated heterocycles. The number of hydrogen-bond donors (Lipinski definition) is 0. The average Bonchev–Trinajstić information content (AvgIpc) is 2.49. The van der Waals surface area contributed by atoms with E-state index in [1.54, 1.807) is 17.0 Å². The van der Waals surface area contributed by atoms with Gasteiger partial charge in [-0.1, -0.05) is 0 Å². The Morgan fingerprint density at radius 2 is 1.82 bits per heavy atom. The van der Waals surface area contributed by atoms with E-state index in [0.717, 1.165) is 4.31 Å². The number of rotatable bonds is 3. The van der Waals surface area contributed by atoms with E-state index in [9.17, 15) is 13.2 Å². The molecule has 1 aromatic carbocycles. The van der Waals surface area contributed by atoms with Crippen molar-refractivity contribution in [3.63, 3.8) is 0 Å². The number of amides is 1. The first-order valence-electron chi connectivity index (χ1n) is 7.18. The molecule has 0 bridgehead atoms. The third-order valence-electron chi connectivity index (χ3n) is 3.75. The molecule has 2 unspecified atom stereocenters. The summed E-state index contributed by atoms with van der Waals surface area (Å²) in [4.78, 5) is 14.5. The summed E-state index contributed by atoms with van der Waals surface area (Å²) in [6.45, 7) is 4.92. The number of ether oxygens (including phenoxy) is 1. The minimum Gasteiger partial charge on any atom is -0.375 e. The standard InChI is InChI=1S/C15H22N2O4S/c1-11-10-21-12(2)9-17(11)15(18)13-5-7-14(8-6-13)22(19,20)16(3)4/h5-8,11-12H,9-10H2,1-4H3. The molecular weight excluding hydrogens is 304 g/mol. The fraction of sp³-hybridized carbons (Fsp3) is 0.533. The van der Waals surface area contributed by atoms with Crippen molar-refractivity contribution in [1.82, 2.24) is 9.21 Å². The second kappa shape index (κ2) is 6.36. The fourth-order valence-corrected chi connectivity index (χ4v) is 3.23. The minimum absolute atomic E-state index is 0.00791. The molecule has 0 aromatic heterocycles. The molecule has 0 N–H and O–H groups in total. The molecule has 1 fully saturated rings. The predicted molar refractivity (Wildman–Crippen MR) is 83.2 cm³/mol. The van der Waals surface area contributed by atoms with Gasteiger partial charge < -0.3 is 9.64 Å². The summed E-state index contributed by atoms with van der Waals surface area (Å²) in [5, 5.41) is 0. The van der Waals surface area contributed by atoms with Gasteiger partial charge in [0.2, 0.25) is 10.0 Å². The van der Waals surface area contributed by atoms with Gasteiger partial charge in [0, 0.05) is 26.2 Å². The van der Waals surface area contributed by atoms with Gasteiger partial charge in [0.15, 0.2) is 0 Å². The molecule has 2 rings (SSSR count). The van der Waals surface area contributed by atoms with Crippen LogP contribution in [0.4, 0.5) is 0 Å². The maximum Gasteiger partial charge on any atom is 0.254 e.